The van der Waals surface area contributed by atoms with E-state index in [0.717, 1.165) is 0 Å². The van der Waals surface area contributed by atoms with Crippen molar-refractivity contribution in [2.24, 2.45) is 0 Å². The van der Waals surface area contributed by atoms with E-state index >= 15 is 0 Å². The lowest BCUT2D eigenvalue weighted by Crippen LogP contribution is -2.13. The van der Waals surface area contributed by atoms with Crippen molar-refractivity contribution in [3.63, 3.8) is 0 Å². The second kappa shape index (κ2) is 6.93. The lowest BCUT2D eigenvalue weighted by Gasteiger charge is -2.08. The number of benzene rings is 1. The van der Waals surface area contributed by atoms with E-state index in [1.54, 1.807) is 0 Å². The predicted octanol–water partition coefficient (Wildman–Crippen LogP) is 3.53. The topological polar surface area (TPSA) is 72.7 Å². The summed E-state index contributed by atoms with van der Waals surface area (Å²) in [4.78, 5) is 20.2. The van der Waals surface area contributed by atoms with Crippen molar-refractivity contribution in [2.45, 2.75) is 10.4 Å². The highest BCUT2D eigenvalue weighted by Gasteiger charge is 2.29. The van der Waals surface area contributed by atoms with Crippen LogP contribution in [0.2, 0.25) is 0 Å². The number of hydrogen-bond donors (Lipinski definition) is 1. The molecule has 0 bridgehead atoms. The second-order valence-corrected chi connectivity index (χ2v) is 5.91. The Hall–Kier alpha value is -2.88. The van der Waals surface area contributed by atoms with Gasteiger partial charge in [0.05, 0.1) is 0 Å². The zero-order valence-corrected chi connectivity index (χ0v) is 13.3. The molecule has 0 saturated heterocycles. The summed E-state index contributed by atoms with van der Waals surface area (Å²) in [5, 5.41) is 6.55. The van der Waals surface area contributed by atoms with Crippen molar-refractivity contribution in [3.05, 3.63) is 60.8 Å². The van der Waals surface area contributed by atoms with Crippen LogP contribution in [0.1, 0.15) is 10.4 Å². The normalized spacial score (nSPS) is 11.3. The number of aromatic nitrogens is 4. The molecule has 128 valence electrons. The third-order valence-corrected chi connectivity index (χ3v) is 3.75. The number of carbonyl (C=O) groups excluding carboxylic acids is 1. The molecule has 1 amide bonds. The highest BCUT2D eigenvalue weighted by molar-refractivity contribution is 8.00. The van der Waals surface area contributed by atoms with Gasteiger partial charge in [-0.15, -0.1) is 0 Å². The highest BCUT2D eigenvalue weighted by Crippen LogP contribution is 2.37. The molecule has 0 aliphatic carbocycles. The fourth-order valence-corrected chi connectivity index (χ4v) is 2.49. The largest absolute Gasteiger partial charge is 0.446 e. The van der Waals surface area contributed by atoms with Crippen molar-refractivity contribution in [2.75, 3.05) is 5.32 Å². The number of carbonyl (C=O) groups is 1. The van der Waals surface area contributed by atoms with E-state index in [1.807, 2.05) is 0 Å². The molecule has 0 spiro atoms. The molecule has 0 aliphatic rings. The quantitative estimate of drug-likeness (QED) is 0.716. The molecule has 10 heteroatoms. The van der Waals surface area contributed by atoms with Gasteiger partial charge in [-0.3, -0.25) is 4.79 Å². The minimum Gasteiger partial charge on any atom is -0.322 e. The SMILES string of the molecule is O=C(Nc1ccc(SC(F)(F)F)cc1)c1ccnc(-n2cncn2)c1. The molecule has 0 atom stereocenters. The molecule has 1 N–H and O–H groups in total. The Bertz CT molecular complexity index is 866. The van der Waals surface area contributed by atoms with Gasteiger partial charge in [-0.1, -0.05) is 0 Å². The van der Waals surface area contributed by atoms with E-state index in [4.69, 9.17) is 0 Å². The fraction of sp³-hybridized carbons (Fsp3) is 0.0667. The van der Waals surface area contributed by atoms with Crippen molar-refractivity contribution < 1.29 is 18.0 Å². The van der Waals surface area contributed by atoms with Gasteiger partial charge in [0.25, 0.3) is 5.91 Å². The van der Waals surface area contributed by atoms with Gasteiger partial charge in [-0.25, -0.2) is 14.6 Å². The van der Waals surface area contributed by atoms with Gasteiger partial charge >= 0.3 is 5.51 Å². The average Bonchev–Trinajstić information content (AvgIpc) is 3.10. The third kappa shape index (κ3) is 4.57. The summed E-state index contributed by atoms with van der Waals surface area (Å²) in [5.41, 5.74) is -3.63. The molecule has 1 aromatic carbocycles. The van der Waals surface area contributed by atoms with Gasteiger partial charge in [0.15, 0.2) is 5.82 Å². The number of nitrogens with one attached hydrogen (secondary N) is 1. The van der Waals surface area contributed by atoms with Crippen molar-refractivity contribution >= 4 is 23.4 Å². The smallest absolute Gasteiger partial charge is 0.322 e. The summed E-state index contributed by atoms with van der Waals surface area (Å²) in [6.45, 7) is 0. The number of pyridine rings is 1. The molecule has 25 heavy (non-hydrogen) atoms. The van der Waals surface area contributed by atoms with Crippen molar-refractivity contribution in [1.29, 1.82) is 0 Å². The third-order valence-electron chi connectivity index (χ3n) is 3.01. The van der Waals surface area contributed by atoms with Gasteiger partial charge in [-0.2, -0.15) is 18.3 Å². The molecule has 3 aromatic rings. The summed E-state index contributed by atoms with van der Waals surface area (Å²) in [5.74, 6) is 0.00191. The van der Waals surface area contributed by atoms with Crippen LogP contribution in [-0.4, -0.2) is 31.2 Å². The Morgan fingerprint density at radius 2 is 1.92 bits per heavy atom. The minimum atomic E-state index is -4.35. The second-order valence-electron chi connectivity index (χ2n) is 4.77. The zero-order valence-electron chi connectivity index (χ0n) is 12.4. The number of alkyl halides is 3. The maximum Gasteiger partial charge on any atom is 0.446 e. The number of anilines is 1. The number of rotatable bonds is 4. The lowest BCUT2D eigenvalue weighted by atomic mass is 10.2. The van der Waals surface area contributed by atoms with Gasteiger partial charge in [0, 0.05) is 22.3 Å². The molecule has 0 fully saturated rings. The maximum atomic E-state index is 12.3. The van der Waals surface area contributed by atoms with E-state index in [0.29, 0.717) is 17.1 Å². The molecule has 0 aliphatic heterocycles. The summed E-state index contributed by atoms with van der Waals surface area (Å²) in [6.07, 6.45) is 4.24. The van der Waals surface area contributed by atoms with Gasteiger partial charge in [0.2, 0.25) is 0 Å². The zero-order chi connectivity index (χ0) is 17.9. The monoisotopic (exact) mass is 365 g/mol. The van der Waals surface area contributed by atoms with E-state index < -0.39 is 11.4 Å². The minimum absolute atomic E-state index is 0.0443. The highest BCUT2D eigenvalue weighted by atomic mass is 32.2. The number of halogens is 3. The van der Waals surface area contributed by atoms with Crippen LogP contribution in [0.5, 0.6) is 0 Å². The maximum absolute atomic E-state index is 12.3. The van der Waals surface area contributed by atoms with Crippen LogP contribution < -0.4 is 5.32 Å². The van der Waals surface area contributed by atoms with Crippen LogP contribution >= 0.6 is 11.8 Å². The first kappa shape index (κ1) is 17.0. The molecule has 3 rings (SSSR count). The number of hydrogen-bond acceptors (Lipinski definition) is 5. The average molecular weight is 365 g/mol. The first-order valence-corrected chi connectivity index (χ1v) is 7.70. The Morgan fingerprint density at radius 1 is 1.16 bits per heavy atom. The number of amides is 1. The van der Waals surface area contributed by atoms with Crippen LogP contribution in [-0.2, 0) is 0 Å². The summed E-state index contributed by atoms with van der Waals surface area (Å²) in [7, 11) is 0. The van der Waals surface area contributed by atoms with Crippen LogP contribution in [0.15, 0.2) is 60.1 Å². The Labute approximate surface area is 144 Å². The Balaban J connectivity index is 1.71. The molecular weight excluding hydrogens is 355 g/mol. The Kier molecular flexibility index (Phi) is 4.70. The molecule has 2 heterocycles. The standard InChI is InChI=1S/C15H10F3N5OS/c16-15(17,18)25-12-3-1-11(2-4-12)22-14(24)10-5-6-20-13(7-10)23-9-19-8-21-23/h1-9H,(H,22,24). The van der Waals surface area contributed by atoms with Gasteiger partial charge in [0.1, 0.15) is 12.7 Å². The number of nitrogens with zero attached hydrogens (tertiary/aromatic N) is 4. The molecular formula is C15H10F3N5OS. The fourth-order valence-electron chi connectivity index (χ4n) is 1.95. The van der Waals surface area contributed by atoms with Gasteiger partial charge in [-0.05, 0) is 48.2 Å². The van der Waals surface area contributed by atoms with E-state index in [1.165, 1.54) is 59.9 Å². The van der Waals surface area contributed by atoms with Crippen LogP contribution in [0.4, 0.5) is 18.9 Å². The molecule has 6 nitrogen and oxygen atoms in total. The molecule has 0 unspecified atom stereocenters. The predicted molar refractivity (Wildman–Crippen MR) is 85.5 cm³/mol. The number of thioether (sulfide) groups is 1. The molecule has 0 saturated carbocycles. The molecule has 2 aromatic heterocycles. The van der Waals surface area contributed by atoms with Crippen LogP contribution in [0.25, 0.3) is 5.82 Å². The summed E-state index contributed by atoms with van der Waals surface area (Å²) >= 11 is -0.211. The van der Waals surface area contributed by atoms with Crippen LogP contribution in [0, 0.1) is 0 Å². The summed E-state index contributed by atoms with van der Waals surface area (Å²) in [6, 6.07) is 8.45. The van der Waals surface area contributed by atoms with Crippen molar-refractivity contribution in [1.82, 2.24) is 19.7 Å². The van der Waals surface area contributed by atoms with E-state index in [9.17, 15) is 18.0 Å². The lowest BCUT2D eigenvalue weighted by molar-refractivity contribution is -0.0328. The van der Waals surface area contributed by atoms with E-state index in [2.05, 4.69) is 20.4 Å². The van der Waals surface area contributed by atoms with Gasteiger partial charge < -0.3 is 5.32 Å². The van der Waals surface area contributed by atoms with E-state index in [-0.39, 0.29) is 16.7 Å². The Morgan fingerprint density at radius 3 is 2.56 bits per heavy atom. The first-order valence-electron chi connectivity index (χ1n) is 6.89. The first-order chi connectivity index (χ1) is 11.9. The van der Waals surface area contributed by atoms with Crippen LogP contribution in [0.3, 0.4) is 0 Å². The molecule has 0 radical (unpaired) electrons. The summed E-state index contributed by atoms with van der Waals surface area (Å²) < 4.78 is 38.3. The van der Waals surface area contributed by atoms with Crippen molar-refractivity contribution in [3.8, 4) is 5.82 Å².